The average Bonchev–Trinajstić information content (AvgIpc) is 2.85. The van der Waals surface area contributed by atoms with E-state index in [1.165, 1.54) is 27.1 Å². The topological polar surface area (TPSA) is 24.9 Å². The second-order valence-electron chi connectivity index (χ2n) is 4.69. The zero-order valence-corrected chi connectivity index (χ0v) is 12.3. The number of benzene rings is 1. The molecular formula is C15H20N2S. The second kappa shape index (κ2) is 5.63. The minimum atomic E-state index is 0.266. The molecule has 0 amide bonds. The summed E-state index contributed by atoms with van der Waals surface area (Å²) in [6, 6.07) is 4.84. The lowest BCUT2D eigenvalue weighted by atomic mass is 9.95. The Morgan fingerprint density at radius 2 is 1.89 bits per heavy atom. The summed E-state index contributed by atoms with van der Waals surface area (Å²) < 4.78 is 0. The summed E-state index contributed by atoms with van der Waals surface area (Å²) in [4.78, 5) is 5.48. The van der Waals surface area contributed by atoms with E-state index < -0.39 is 0 Å². The lowest BCUT2D eigenvalue weighted by Gasteiger charge is -2.20. The van der Waals surface area contributed by atoms with Gasteiger partial charge in [-0.25, -0.2) is 0 Å². The average molecular weight is 260 g/mol. The number of nitrogens with zero attached hydrogens (tertiary/aromatic N) is 1. The Kier molecular flexibility index (Phi) is 4.15. The smallest absolute Gasteiger partial charge is 0.0794 e. The molecule has 0 saturated heterocycles. The van der Waals surface area contributed by atoms with Gasteiger partial charge in [0.1, 0.15) is 0 Å². The van der Waals surface area contributed by atoms with Crippen LogP contribution in [0.3, 0.4) is 0 Å². The van der Waals surface area contributed by atoms with Gasteiger partial charge in [0.15, 0.2) is 0 Å². The van der Waals surface area contributed by atoms with E-state index in [0.717, 1.165) is 6.54 Å². The van der Waals surface area contributed by atoms with Crippen LogP contribution in [0, 0.1) is 20.8 Å². The van der Waals surface area contributed by atoms with Crippen LogP contribution in [0.2, 0.25) is 0 Å². The maximum atomic E-state index is 4.20. The first-order chi connectivity index (χ1) is 8.63. The molecule has 1 atom stereocenters. The van der Waals surface area contributed by atoms with Crippen molar-refractivity contribution in [2.75, 3.05) is 6.54 Å². The molecule has 2 rings (SSSR count). The summed E-state index contributed by atoms with van der Waals surface area (Å²) >= 11 is 1.71. The molecule has 1 N–H and O–H groups in total. The third kappa shape index (κ3) is 2.62. The Labute approximate surface area is 113 Å². The largest absolute Gasteiger partial charge is 0.306 e. The second-order valence-corrected chi connectivity index (χ2v) is 5.61. The quantitative estimate of drug-likeness (QED) is 0.905. The van der Waals surface area contributed by atoms with Gasteiger partial charge in [-0.1, -0.05) is 19.1 Å². The van der Waals surface area contributed by atoms with E-state index in [1.807, 2.05) is 11.7 Å². The van der Waals surface area contributed by atoms with E-state index in [0.29, 0.717) is 0 Å². The van der Waals surface area contributed by atoms with Crippen LogP contribution in [0.5, 0.6) is 0 Å². The summed E-state index contributed by atoms with van der Waals surface area (Å²) in [6.45, 7) is 9.63. The van der Waals surface area contributed by atoms with Gasteiger partial charge >= 0.3 is 0 Å². The summed E-state index contributed by atoms with van der Waals surface area (Å²) in [5.74, 6) is 0. The van der Waals surface area contributed by atoms with Gasteiger partial charge in [-0.05, 0) is 49.6 Å². The van der Waals surface area contributed by atoms with Crippen LogP contribution in [0.25, 0.3) is 0 Å². The molecule has 0 aliphatic rings. The van der Waals surface area contributed by atoms with Crippen molar-refractivity contribution in [3.8, 4) is 0 Å². The van der Waals surface area contributed by atoms with Crippen LogP contribution in [0.15, 0.2) is 23.8 Å². The summed E-state index contributed by atoms with van der Waals surface area (Å²) in [5, 5.41) is 3.56. The lowest BCUT2D eigenvalue weighted by molar-refractivity contribution is 0.635. The standard InChI is InChI=1S/C15H20N2S/c1-5-17-15(14-8-16-9-18-14)13-7-11(3)10(2)6-12(13)4/h6-9,15,17H,5H2,1-4H3. The van der Waals surface area contributed by atoms with Gasteiger partial charge in [0.25, 0.3) is 0 Å². The van der Waals surface area contributed by atoms with Gasteiger partial charge < -0.3 is 5.32 Å². The molecule has 0 fully saturated rings. The van der Waals surface area contributed by atoms with Crippen LogP contribution >= 0.6 is 11.3 Å². The van der Waals surface area contributed by atoms with E-state index in [2.05, 4.69) is 50.1 Å². The molecule has 18 heavy (non-hydrogen) atoms. The summed E-state index contributed by atoms with van der Waals surface area (Å²) in [5.41, 5.74) is 7.32. The fourth-order valence-corrected chi connectivity index (χ4v) is 2.94. The van der Waals surface area contributed by atoms with Crippen molar-refractivity contribution in [1.29, 1.82) is 0 Å². The molecule has 0 radical (unpaired) electrons. The molecular weight excluding hydrogens is 240 g/mol. The first-order valence-corrected chi connectivity index (χ1v) is 7.21. The van der Waals surface area contributed by atoms with Crippen molar-refractivity contribution in [1.82, 2.24) is 10.3 Å². The van der Waals surface area contributed by atoms with Crippen molar-refractivity contribution < 1.29 is 0 Å². The van der Waals surface area contributed by atoms with Gasteiger partial charge in [-0.2, -0.15) is 0 Å². The van der Waals surface area contributed by atoms with Gasteiger partial charge in [-0.3, -0.25) is 4.98 Å². The first kappa shape index (κ1) is 13.2. The van der Waals surface area contributed by atoms with E-state index in [9.17, 15) is 0 Å². The van der Waals surface area contributed by atoms with E-state index in [1.54, 1.807) is 11.3 Å². The highest BCUT2D eigenvalue weighted by molar-refractivity contribution is 7.09. The molecule has 1 aromatic heterocycles. The highest BCUT2D eigenvalue weighted by Crippen LogP contribution is 2.29. The molecule has 3 heteroatoms. The Bertz CT molecular complexity index is 518. The maximum Gasteiger partial charge on any atom is 0.0794 e. The van der Waals surface area contributed by atoms with Gasteiger partial charge in [0.2, 0.25) is 0 Å². The Balaban J connectivity index is 2.46. The summed E-state index contributed by atoms with van der Waals surface area (Å²) in [7, 11) is 0. The molecule has 0 saturated carbocycles. The Morgan fingerprint density at radius 3 is 2.50 bits per heavy atom. The van der Waals surface area contributed by atoms with Crippen LogP contribution in [-0.4, -0.2) is 11.5 Å². The number of nitrogens with one attached hydrogen (secondary N) is 1. The van der Waals surface area contributed by atoms with Crippen molar-refractivity contribution >= 4 is 11.3 Å². The molecule has 2 aromatic rings. The third-order valence-electron chi connectivity index (χ3n) is 3.34. The first-order valence-electron chi connectivity index (χ1n) is 6.33. The Morgan fingerprint density at radius 1 is 1.17 bits per heavy atom. The fourth-order valence-electron chi connectivity index (χ4n) is 2.23. The molecule has 1 heterocycles. The SMILES string of the molecule is CCNC(c1cncs1)c1cc(C)c(C)cc1C. The van der Waals surface area contributed by atoms with Crippen LogP contribution in [0.1, 0.15) is 40.1 Å². The van der Waals surface area contributed by atoms with Gasteiger partial charge in [0, 0.05) is 11.1 Å². The summed E-state index contributed by atoms with van der Waals surface area (Å²) in [6.07, 6.45) is 1.96. The molecule has 1 unspecified atom stereocenters. The van der Waals surface area contributed by atoms with E-state index in [-0.39, 0.29) is 6.04 Å². The van der Waals surface area contributed by atoms with E-state index in [4.69, 9.17) is 0 Å². The van der Waals surface area contributed by atoms with Gasteiger partial charge in [-0.15, -0.1) is 11.3 Å². The normalized spacial score (nSPS) is 12.7. The molecule has 0 aliphatic heterocycles. The maximum absolute atomic E-state index is 4.20. The third-order valence-corrected chi connectivity index (χ3v) is 4.18. The fraction of sp³-hybridized carbons (Fsp3) is 0.400. The van der Waals surface area contributed by atoms with Crippen LogP contribution < -0.4 is 5.32 Å². The lowest BCUT2D eigenvalue weighted by Crippen LogP contribution is -2.22. The number of aryl methyl sites for hydroxylation is 3. The van der Waals surface area contributed by atoms with Crippen LogP contribution in [0.4, 0.5) is 0 Å². The molecule has 0 spiro atoms. The highest BCUT2D eigenvalue weighted by atomic mass is 32.1. The van der Waals surface area contributed by atoms with Gasteiger partial charge in [0.05, 0.1) is 11.6 Å². The van der Waals surface area contributed by atoms with Crippen LogP contribution in [-0.2, 0) is 0 Å². The predicted molar refractivity (Wildman–Crippen MR) is 78.3 cm³/mol. The number of aromatic nitrogens is 1. The minimum absolute atomic E-state index is 0.266. The number of hydrogen-bond acceptors (Lipinski definition) is 3. The zero-order valence-electron chi connectivity index (χ0n) is 11.4. The molecule has 0 aliphatic carbocycles. The van der Waals surface area contributed by atoms with Crippen molar-refractivity contribution in [3.05, 3.63) is 51.0 Å². The number of thiazole rings is 1. The monoisotopic (exact) mass is 260 g/mol. The molecule has 2 nitrogen and oxygen atoms in total. The molecule has 0 bridgehead atoms. The zero-order chi connectivity index (χ0) is 13.1. The number of rotatable bonds is 4. The minimum Gasteiger partial charge on any atom is -0.306 e. The Hall–Kier alpha value is -1.19. The van der Waals surface area contributed by atoms with Crippen molar-refractivity contribution in [2.45, 2.75) is 33.7 Å². The molecule has 1 aromatic carbocycles. The van der Waals surface area contributed by atoms with Crippen molar-refractivity contribution in [3.63, 3.8) is 0 Å². The number of hydrogen-bond donors (Lipinski definition) is 1. The van der Waals surface area contributed by atoms with Crippen molar-refractivity contribution in [2.24, 2.45) is 0 Å². The van der Waals surface area contributed by atoms with E-state index >= 15 is 0 Å². The highest BCUT2D eigenvalue weighted by Gasteiger charge is 2.17. The predicted octanol–water partition coefficient (Wildman–Crippen LogP) is 3.77. The molecule has 96 valence electrons.